The van der Waals surface area contributed by atoms with Crippen LogP contribution in [0.5, 0.6) is 0 Å². The maximum atomic E-state index is 11.4. The monoisotopic (exact) mass is 261 g/mol. The Morgan fingerprint density at radius 3 is 2.37 bits per heavy atom. The Hall–Kier alpha value is -1.23. The van der Waals surface area contributed by atoms with Gasteiger partial charge in [0.25, 0.3) is 0 Å². The molecular formula is C15H23N3O. The van der Waals surface area contributed by atoms with Gasteiger partial charge in [-0.2, -0.15) is 0 Å². The molecular weight excluding hydrogens is 238 g/mol. The van der Waals surface area contributed by atoms with Gasteiger partial charge in [-0.25, -0.2) is 0 Å². The number of benzene rings is 1. The van der Waals surface area contributed by atoms with Gasteiger partial charge in [0.1, 0.15) is 0 Å². The Morgan fingerprint density at radius 1 is 1.16 bits per heavy atom. The van der Waals surface area contributed by atoms with Crippen molar-refractivity contribution in [3.05, 3.63) is 35.4 Å². The van der Waals surface area contributed by atoms with E-state index in [2.05, 4.69) is 16.8 Å². The summed E-state index contributed by atoms with van der Waals surface area (Å²) in [6, 6.07) is 7.85. The molecule has 1 heterocycles. The smallest absolute Gasteiger partial charge is 0.176 e. The molecule has 1 aliphatic heterocycles. The molecule has 1 fully saturated rings. The standard InChI is InChI=1S/C15H23N3O/c1-17-8-10-18(11-9-17)7-6-13-2-4-14(5-3-13)15(19)12-16/h2-5H,6-12,16H2,1H3. The second-order valence-corrected chi connectivity index (χ2v) is 5.22. The number of piperazine rings is 1. The molecule has 1 saturated heterocycles. The molecule has 19 heavy (non-hydrogen) atoms. The quantitative estimate of drug-likeness (QED) is 0.789. The topological polar surface area (TPSA) is 49.6 Å². The molecule has 1 aliphatic rings. The van der Waals surface area contributed by atoms with E-state index >= 15 is 0 Å². The van der Waals surface area contributed by atoms with Gasteiger partial charge in [-0.1, -0.05) is 24.3 Å². The minimum absolute atomic E-state index is 0.00520. The third-order valence-electron chi connectivity index (χ3n) is 3.77. The van der Waals surface area contributed by atoms with E-state index in [0.717, 1.165) is 39.1 Å². The van der Waals surface area contributed by atoms with E-state index in [1.165, 1.54) is 5.56 Å². The number of rotatable bonds is 5. The second-order valence-electron chi connectivity index (χ2n) is 5.22. The lowest BCUT2D eigenvalue weighted by atomic mass is 10.1. The first-order chi connectivity index (χ1) is 9.19. The Balaban J connectivity index is 1.81. The fourth-order valence-corrected chi connectivity index (χ4v) is 2.33. The predicted octanol–water partition coefficient (Wildman–Crippen LogP) is 0.618. The van der Waals surface area contributed by atoms with E-state index < -0.39 is 0 Å². The van der Waals surface area contributed by atoms with Gasteiger partial charge in [-0.05, 0) is 19.0 Å². The van der Waals surface area contributed by atoms with Crippen LogP contribution in [0.25, 0.3) is 0 Å². The highest BCUT2D eigenvalue weighted by molar-refractivity contribution is 5.97. The van der Waals surface area contributed by atoms with Gasteiger partial charge in [0.2, 0.25) is 0 Å². The van der Waals surface area contributed by atoms with E-state index in [4.69, 9.17) is 5.73 Å². The molecule has 0 amide bonds. The van der Waals surface area contributed by atoms with Gasteiger partial charge in [0, 0.05) is 38.3 Å². The van der Waals surface area contributed by atoms with Gasteiger partial charge in [-0.3, -0.25) is 4.79 Å². The summed E-state index contributed by atoms with van der Waals surface area (Å²) in [5, 5.41) is 0. The van der Waals surface area contributed by atoms with Crippen molar-refractivity contribution in [1.82, 2.24) is 9.80 Å². The molecule has 0 aliphatic carbocycles. The highest BCUT2D eigenvalue weighted by Crippen LogP contribution is 2.07. The molecule has 4 nitrogen and oxygen atoms in total. The molecule has 0 saturated carbocycles. The van der Waals surface area contributed by atoms with Crippen LogP contribution >= 0.6 is 0 Å². The van der Waals surface area contributed by atoms with Gasteiger partial charge in [-0.15, -0.1) is 0 Å². The van der Waals surface area contributed by atoms with Crippen LogP contribution in [0.3, 0.4) is 0 Å². The van der Waals surface area contributed by atoms with Crippen molar-refractivity contribution in [2.75, 3.05) is 46.3 Å². The molecule has 0 aromatic heterocycles. The first-order valence-electron chi connectivity index (χ1n) is 6.92. The van der Waals surface area contributed by atoms with Crippen LogP contribution in [0, 0.1) is 0 Å². The van der Waals surface area contributed by atoms with Crippen molar-refractivity contribution < 1.29 is 4.79 Å². The third kappa shape index (κ3) is 4.13. The minimum Gasteiger partial charge on any atom is -0.324 e. The largest absolute Gasteiger partial charge is 0.324 e. The lowest BCUT2D eigenvalue weighted by Gasteiger charge is -2.32. The number of hydrogen-bond acceptors (Lipinski definition) is 4. The average molecular weight is 261 g/mol. The van der Waals surface area contributed by atoms with Crippen molar-refractivity contribution in [2.45, 2.75) is 6.42 Å². The molecule has 0 unspecified atom stereocenters. The minimum atomic E-state index is 0.00520. The number of likely N-dealkylation sites (N-methyl/N-ethyl adjacent to an activating group) is 1. The molecule has 0 radical (unpaired) electrons. The zero-order valence-electron chi connectivity index (χ0n) is 11.6. The number of carbonyl (C=O) groups is 1. The number of ketones is 1. The highest BCUT2D eigenvalue weighted by Gasteiger charge is 2.13. The van der Waals surface area contributed by atoms with Crippen molar-refractivity contribution in [1.29, 1.82) is 0 Å². The molecule has 1 aromatic rings. The summed E-state index contributed by atoms with van der Waals surface area (Å²) < 4.78 is 0. The summed E-state index contributed by atoms with van der Waals surface area (Å²) in [5.74, 6) is 0.00520. The summed E-state index contributed by atoms with van der Waals surface area (Å²) in [6.07, 6.45) is 1.04. The van der Waals surface area contributed by atoms with Crippen molar-refractivity contribution >= 4 is 5.78 Å². The fourth-order valence-electron chi connectivity index (χ4n) is 2.33. The van der Waals surface area contributed by atoms with E-state index in [0.29, 0.717) is 5.56 Å². The predicted molar refractivity (Wildman–Crippen MR) is 77.5 cm³/mol. The molecule has 4 heteroatoms. The first-order valence-corrected chi connectivity index (χ1v) is 6.92. The van der Waals surface area contributed by atoms with Crippen molar-refractivity contribution in [2.24, 2.45) is 5.73 Å². The first kappa shape index (κ1) is 14.2. The fraction of sp³-hybridized carbons (Fsp3) is 0.533. The lowest BCUT2D eigenvalue weighted by molar-refractivity contribution is 0.100. The SMILES string of the molecule is CN1CCN(CCc2ccc(C(=O)CN)cc2)CC1. The van der Waals surface area contributed by atoms with E-state index in [-0.39, 0.29) is 12.3 Å². The van der Waals surface area contributed by atoms with E-state index in [1.807, 2.05) is 24.3 Å². The summed E-state index contributed by atoms with van der Waals surface area (Å²) >= 11 is 0. The summed E-state index contributed by atoms with van der Waals surface area (Å²) in [6.45, 7) is 5.80. The average Bonchev–Trinajstić information content (AvgIpc) is 2.46. The number of carbonyl (C=O) groups excluding carboxylic acids is 1. The zero-order valence-corrected chi connectivity index (χ0v) is 11.6. The number of Topliss-reactive ketones (excluding diaryl/α,β-unsaturated/α-hetero) is 1. The van der Waals surface area contributed by atoms with Crippen LogP contribution in [0.15, 0.2) is 24.3 Å². The van der Waals surface area contributed by atoms with Crippen LogP contribution in [-0.2, 0) is 6.42 Å². The van der Waals surface area contributed by atoms with Gasteiger partial charge < -0.3 is 15.5 Å². The van der Waals surface area contributed by atoms with Crippen LogP contribution in [-0.4, -0.2) is 61.9 Å². The Morgan fingerprint density at radius 2 is 1.79 bits per heavy atom. The Bertz CT molecular complexity index is 408. The number of nitrogens with two attached hydrogens (primary N) is 1. The lowest BCUT2D eigenvalue weighted by Crippen LogP contribution is -2.45. The molecule has 0 bridgehead atoms. The molecule has 2 N–H and O–H groups in total. The molecule has 2 rings (SSSR count). The highest BCUT2D eigenvalue weighted by atomic mass is 16.1. The summed E-state index contributed by atoms with van der Waals surface area (Å²) in [7, 11) is 2.17. The maximum absolute atomic E-state index is 11.4. The number of hydrogen-bond donors (Lipinski definition) is 1. The van der Waals surface area contributed by atoms with Crippen molar-refractivity contribution in [3.8, 4) is 0 Å². The Kier molecular flexibility index (Phi) is 5.07. The van der Waals surface area contributed by atoms with Crippen LogP contribution in [0.4, 0.5) is 0 Å². The molecule has 1 aromatic carbocycles. The normalized spacial score (nSPS) is 17.6. The van der Waals surface area contributed by atoms with Gasteiger partial charge in [0.05, 0.1) is 6.54 Å². The second kappa shape index (κ2) is 6.80. The molecule has 0 spiro atoms. The maximum Gasteiger partial charge on any atom is 0.176 e. The van der Waals surface area contributed by atoms with E-state index in [9.17, 15) is 4.79 Å². The number of nitrogens with zero attached hydrogens (tertiary/aromatic N) is 2. The molecule has 104 valence electrons. The summed E-state index contributed by atoms with van der Waals surface area (Å²) in [5.41, 5.74) is 7.35. The van der Waals surface area contributed by atoms with Crippen LogP contribution < -0.4 is 5.73 Å². The van der Waals surface area contributed by atoms with Crippen molar-refractivity contribution in [3.63, 3.8) is 0 Å². The third-order valence-corrected chi connectivity index (χ3v) is 3.77. The Labute approximate surface area is 115 Å². The van der Waals surface area contributed by atoms with E-state index in [1.54, 1.807) is 0 Å². The van der Waals surface area contributed by atoms with Crippen LogP contribution in [0.2, 0.25) is 0 Å². The van der Waals surface area contributed by atoms with Gasteiger partial charge in [0.15, 0.2) is 5.78 Å². The zero-order chi connectivity index (χ0) is 13.7. The van der Waals surface area contributed by atoms with Gasteiger partial charge >= 0.3 is 0 Å². The van der Waals surface area contributed by atoms with Crippen LogP contribution in [0.1, 0.15) is 15.9 Å². The molecule has 0 atom stereocenters. The summed E-state index contributed by atoms with van der Waals surface area (Å²) in [4.78, 5) is 16.3.